The van der Waals surface area contributed by atoms with E-state index in [1.807, 2.05) is 6.07 Å². The number of rotatable bonds is 5. The molecule has 0 spiro atoms. The SMILES string of the molecule is COc1ccc(-c2nc3ccc(Br)cc3c(=O)n2N=Cc2cccc(O)c2)cc1OC. The molecule has 0 saturated carbocycles. The average molecular weight is 480 g/mol. The lowest BCUT2D eigenvalue weighted by atomic mass is 10.1. The zero-order valence-electron chi connectivity index (χ0n) is 16.7. The molecular weight excluding hydrogens is 462 g/mol. The van der Waals surface area contributed by atoms with Crippen LogP contribution in [-0.2, 0) is 0 Å². The highest BCUT2D eigenvalue weighted by Crippen LogP contribution is 2.32. The normalized spacial score (nSPS) is 11.2. The number of fused-ring (bicyclic) bond motifs is 1. The number of phenols is 1. The minimum atomic E-state index is -0.326. The highest BCUT2D eigenvalue weighted by atomic mass is 79.9. The van der Waals surface area contributed by atoms with Gasteiger partial charge < -0.3 is 14.6 Å². The van der Waals surface area contributed by atoms with E-state index in [0.29, 0.717) is 39.4 Å². The number of halogens is 1. The number of ether oxygens (including phenoxy) is 2. The quantitative estimate of drug-likeness (QED) is 0.427. The van der Waals surface area contributed by atoms with Crippen molar-refractivity contribution in [1.29, 1.82) is 0 Å². The second-order valence-corrected chi connectivity index (χ2v) is 7.54. The molecule has 0 atom stereocenters. The molecular formula is C23H18BrN3O4. The van der Waals surface area contributed by atoms with E-state index in [1.165, 1.54) is 10.9 Å². The maximum Gasteiger partial charge on any atom is 0.282 e. The summed E-state index contributed by atoms with van der Waals surface area (Å²) in [5.41, 5.74) is 1.49. The van der Waals surface area contributed by atoms with Crippen LogP contribution in [0.3, 0.4) is 0 Å². The van der Waals surface area contributed by atoms with Gasteiger partial charge in [-0.1, -0.05) is 28.1 Å². The van der Waals surface area contributed by atoms with Crippen molar-refractivity contribution in [1.82, 2.24) is 9.66 Å². The molecule has 0 radical (unpaired) electrons. The molecule has 0 aliphatic heterocycles. The lowest BCUT2D eigenvalue weighted by Crippen LogP contribution is -2.20. The number of aromatic nitrogens is 2. The first kappa shape index (κ1) is 20.6. The summed E-state index contributed by atoms with van der Waals surface area (Å²) in [7, 11) is 3.10. The zero-order valence-corrected chi connectivity index (χ0v) is 18.3. The molecule has 4 aromatic rings. The highest BCUT2D eigenvalue weighted by Gasteiger charge is 2.15. The molecule has 31 heavy (non-hydrogen) atoms. The summed E-state index contributed by atoms with van der Waals surface area (Å²) >= 11 is 3.40. The fraction of sp³-hybridized carbons (Fsp3) is 0.0870. The first-order chi connectivity index (χ1) is 15.0. The van der Waals surface area contributed by atoms with Gasteiger partial charge in [-0.3, -0.25) is 4.79 Å². The lowest BCUT2D eigenvalue weighted by Gasteiger charge is -2.12. The Kier molecular flexibility index (Phi) is 5.73. The van der Waals surface area contributed by atoms with Gasteiger partial charge in [0.05, 0.1) is 31.3 Å². The fourth-order valence-electron chi connectivity index (χ4n) is 3.15. The van der Waals surface area contributed by atoms with Crippen LogP contribution in [0.1, 0.15) is 5.56 Å². The molecule has 0 unspecified atom stereocenters. The summed E-state index contributed by atoms with van der Waals surface area (Å²) in [6.45, 7) is 0. The summed E-state index contributed by atoms with van der Waals surface area (Å²) in [5, 5.41) is 14.5. The number of hydrogen-bond donors (Lipinski definition) is 1. The highest BCUT2D eigenvalue weighted by molar-refractivity contribution is 9.10. The van der Waals surface area contributed by atoms with Gasteiger partial charge in [0.15, 0.2) is 17.3 Å². The summed E-state index contributed by atoms with van der Waals surface area (Å²) < 4.78 is 12.7. The van der Waals surface area contributed by atoms with E-state index in [9.17, 15) is 9.90 Å². The van der Waals surface area contributed by atoms with Crippen LogP contribution in [0.4, 0.5) is 0 Å². The Morgan fingerprint density at radius 2 is 1.84 bits per heavy atom. The Bertz CT molecular complexity index is 1370. The van der Waals surface area contributed by atoms with Crippen molar-refractivity contribution in [2.75, 3.05) is 14.2 Å². The standard InChI is InChI=1S/C23H18BrN3O4/c1-30-20-9-6-15(11-21(20)31-2)22-26-19-8-7-16(24)12-18(19)23(29)27(22)25-13-14-4-3-5-17(28)10-14/h3-13,28H,1-2H3. The van der Waals surface area contributed by atoms with Gasteiger partial charge in [0, 0.05) is 10.0 Å². The second-order valence-electron chi connectivity index (χ2n) is 6.62. The fourth-order valence-corrected chi connectivity index (χ4v) is 3.51. The van der Waals surface area contributed by atoms with E-state index < -0.39 is 0 Å². The molecule has 1 aromatic heterocycles. The molecule has 4 rings (SSSR count). The van der Waals surface area contributed by atoms with Crippen molar-refractivity contribution in [2.45, 2.75) is 0 Å². The molecule has 1 N–H and O–H groups in total. The van der Waals surface area contributed by atoms with Crippen LogP contribution in [0.15, 0.2) is 75.0 Å². The minimum absolute atomic E-state index is 0.108. The number of phenolic OH excluding ortho intramolecular Hbond substituents is 1. The third-order valence-corrected chi connectivity index (χ3v) is 5.14. The maximum atomic E-state index is 13.3. The Balaban J connectivity index is 1.96. The predicted molar refractivity (Wildman–Crippen MR) is 123 cm³/mol. The van der Waals surface area contributed by atoms with E-state index in [1.54, 1.807) is 68.8 Å². The molecule has 0 fully saturated rings. The number of benzene rings is 3. The van der Waals surface area contributed by atoms with Crippen molar-refractivity contribution in [3.63, 3.8) is 0 Å². The van der Waals surface area contributed by atoms with Gasteiger partial charge in [-0.05, 0) is 54.1 Å². The molecule has 8 heteroatoms. The largest absolute Gasteiger partial charge is 0.508 e. The first-order valence-corrected chi connectivity index (χ1v) is 10.1. The van der Waals surface area contributed by atoms with Gasteiger partial charge in [-0.15, -0.1) is 0 Å². The molecule has 3 aromatic carbocycles. The van der Waals surface area contributed by atoms with Gasteiger partial charge in [0.2, 0.25) is 0 Å². The Morgan fingerprint density at radius 3 is 2.58 bits per heavy atom. The molecule has 0 bridgehead atoms. The van der Waals surface area contributed by atoms with Crippen LogP contribution in [0.2, 0.25) is 0 Å². The molecule has 0 amide bonds. The van der Waals surface area contributed by atoms with Crippen molar-refractivity contribution >= 4 is 33.0 Å². The van der Waals surface area contributed by atoms with Crippen LogP contribution in [0.5, 0.6) is 17.2 Å². The van der Waals surface area contributed by atoms with E-state index in [4.69, 9.17) is 14.5 Å². The van der Waals surface area contributed by atoms with E-state index in [2.05, 4.69) is 21.0 Å². The maximum absolute atomic E-state index is 13.3. The molecule has 0 saturated heterocycles. The summed E-state index contributed by atoms with van der Waals surface area (Å²) in [6, 6.07) is 17.2. The summed E-state index contributed by atoms with van der Waals surface area (Å²) in [4.78, 5) is 18.0. The molecule has 1 heterocycles. The van der Waals surface area contributed by atoms with Gasteiger partial charge in [-0.2, -0.15) is 9.78 Å². The topological polar surface area (TPSA) is 85.9 Å². The van der Waals surface area contributed by atoms with Crippen LogP contribution in [0, 0.1) is 0 Å². The van der Waals surface area contributed by atoms with Gasteiger partial charge >= 0.3 is 0 Å². The summed E-state index contributed by atoms with van der Waals surface area (Å²) in [5.74, 6) is 1.52. The van der Waals surface area contributed by atoms with E-state index in [-0.39, 0.29) is 11.3 Å². The zero-order chi connectivity index (χ0) is 22.0. The number of aromatic hydroxyl groups is 1. The van der Waals surface area contributed by atoms with Crippen molar-refractivity contribution in [3.05, 3.63) is 81.1 Å². The number of hydrogen-bond acceptors (Lipinski definition) is 6. The first-order valence-electron chi connectivity index (χ1n) is 9.28. The van der Waals surface area contributed by atoms with Crippen molar-refractivity contribution in [2.24, 2.45) is 5.10 Å². The second kappa shape index (κ2) is 8.61. The smallest absolute Gasteiger partial charge is 0.282 e. The predicted octanol–water partition coefficient (Wildman–Crippen LogP) is 4.43. The monoisotopic (exact) mass is 479 g/mol. The number of nitrogens with zero attached hydrogens (tertiary/aromatic N) is 3. The molecule has 0 aliphatic carbocycles. The van der Waals surface area contributed by atoms with Gasteiger partial charge in [-0.25, -0.2) is 4.98 Å². The van der Waals surface area contributed by atoms with E-state index in [0.717, 1.165) is 4.47 Å². The average Bonchev–Trinajstić information content (AvgIpc) is 2.78. The van der Waals surface area contributed by atoms with Crippen LogP contribution < -0.4 is 15.0 Å². The van der Waals surface area contributed by atoms with Crippen LogP contribution in [-0.4, -0.2) is 35.2 Å². The van der Waals surface area contributed by atoms with Crippen molar-refractivity contribution < 1.29 is 14.6 Å². The lowest BCUT2D eigenvalue weighted by molar-refractivity contribution is 0.355. The van der Waals surface area contributed by atoms with E-state index >= 15 is 0 Å². The third kappa shape index (κ3) is 4.15. The van der Waals surface area contributed by atoms with Gasteiger partial charge in [0.1, 0.15) is 5.75 Å². The Morgan fingerprint density at radius 1 is 1.03 bits per heavy atom. The third-order valence-electron chi connectivity index (χ3n) is 4.64. The Labute approximate surface area is 186 Å². The molecule has 0 aliphatic rings. The van der Waals surface area contributed by atoms with Crippen LogP contribution >= 0.6 is 15.9 Å². The molecule has 7 nitrogen and oxygen atoms in total. The minimum Gasteiger partial charge on any atom is -0.508 e. The summed E-state index contributed by atoms with van der Waals surface area (Å²) in [6.07, 6.45) is 1.50. The van der Waals surface area contributed by atoms with Crippen LogP contribution in [0.25, 0.3) is 22.3 Å². The molecule has 156 valence electrons. The number of methoxy groups -OCH3 is 2. The Hall–Kier alpha value is -3.65. The van der Waals surface area contributed by atoms with Gasteiger partial charge in [0.25, 0.3) is 5.56 Å². The van der Waals surface area contributed by atoms with Crippen molar-refractivity contribution in [3.8, 4) is 28.6 Å².